The molecule has 3 nitrogen and oxygen atoms in total. The Hall–Kier alpha value is -1.39. The first-order chi connectivity index (χ1) is 8.81. The molecule has 0 atom stereocenters. The van der Waals surface area contributed by atoms with Crippen LogP contribution < -0.4 is 10.6 Å². The number of hydrogen-bond donors (Lipinski definition) is 2. The average molecular weight is 259 g/mol. The number of fused-ring (bicyclic) bond motifs is 1. The van der Waals surface area contributed by atoms with Gasteiger partial charge in [-0.25, -0.2) is 4.98 Å². The molecule has 0 unspecified atom stereocenters. The van der Waals surface area contributed by atoms with Crippen LogP contribution in [0.5, 0.6) is 0 Å². The second kappa shape index (κ2) is 5.08. The Morgan fingerprint density at radius 2 is 2.33 bits per heavy atom. The van der Waals surface area contributed by atoms with Crippen molar-refractivity contribution in [3.8, 4) is 0 Å². The van der Waals surface area contributed by atoms with Crippen molar-refractivity contribution in [1.82, 2.24) is 10.3 Å². The first-order valence-electron chi connectivity index (χ1n) is 6.29. The molecule has 0 amide bonds. The van der Waals surface area contributed by atoms with Gasteiger partial charge in [0.15, 0.2) is 0 Å². The van der Waals surface area contributed by atoms with E-state index in [1.54, 1.807) is 11.3 Å². The minimum Gasteiger partial charge on any atom is -0.384 e. The third kappa shape index (κ3) is 2.54. The number of nitrogens with zero attached hydrogens (tertiary/aromatic N) is 1. The third-order valence-corrected chi connectivity index (χ3v) is 4.01. The maximum Gasteiger partial charge on any atom is 0.0897 e. The van der Waals surface area contributed by atoms with Crippen molar-refractivity contribution >= 4 is 17.0 Å². The maximum atomic E-state index is 4.44. The van der Waals surface area contributed by atoms with Crippen LogP contribution in [-0.2, 0) is 19.5 Å². The molecule has 0 saturated heterocycles. The van der Waals surface area contributed by atoms with E-state index in [2.05, 4.69) is 39.2 Å². The van der Waals surface area contributed by atoms with Crippen LogP contribution in [0.4, 0.5) is 5.69 Å². The summed E-state index contributed by atoms with van der Waals surface area (Å²) in [5.41, 5.74) is 5.21. The van der Waals surface area contributed by atoms with Gasteiger partial charge in [0, 0.05) is 30.7 Å². The fourth-order valence-corrected chi connectivity index (χ4v) is 2.88. The van der Waals surface area contributed by atoms with Gasteiger partial charge in [0.2, 0.25) is 0 Å². The van der Waals surface area contributed by atoms with E-state index >= 15 is 0 Å². The van der Waals surface area contributed by atoms with Gasteiger partial charge in [0.05, 0.1) is 10.7 Å². The van der Waals surface area contributed by atoms with Gasteiger partial charge in [0.25, 0.3) is 0 Å². The highest BCUT2D eigenvalue weighted by Crippen LogP contribution is 2.23. The molecular formula is C14H17N3S. The first-order valence-corrected chi connectivity index (χ1v) is 7.16. The molecular weight excluding hydrogens is 242 g/mol. The summed E-state index contributed by atoms with van der Waals surface area (Å²) in [4.78, 5) is 4.44. The summed E-state index contributed by atoms with van der Waals surface area (Å²) in [5, 5.41) is 10.1. The molecule has 4 heteroatoms. The van der Waals surface area contributed by atoms with Crippen molar-refractivity contribution in [2.75, 3.05) is 11.9 Å². The highest BCUT2D eigenvalue weighted by Gasteiger charge is 2.09. The normalized spacial score (nSPS) is 13.4. The quantitative estimate of drug-likeness (QED) is 0.886. The number of anilines is 1. The van der Waals surface area contributed by atoms with E-state index in [0.717, 1.165) is 36.8 Å². The van der Waals surface area contributed by atoms with Crippen LogP contribution >= 0.6 is 11.3 Å². The lowest BCUT2D eigenvalue weighted by Gasteiger charge is -2.06. The lowest BCUT2D eigenvalue weighted by molar-refractivity contribution is 0.682. The zero-order chi connectivity index (χ0) is 12.4. The molecule has 18 heavy (non-hydrogen) atoms. The van der Waals surface area contributed by atoms with Crippen molar-refractivity contribution in [2.45, 2.75) is 26.4 Å². The van der Waals surface area contributed by atoms with Gasteiger partial charge in [-0.2, -0.15) is 0 Å². The Bertz CT molecular complexity index is 548. The van der Waals surface area contributed by atoms with Crippen molar-refractivity contribution in [3.63, 3.8) is 0 Å². The van der Waals surface area contributed by atoms with E-state index in [9.17, 15) is 0 Å². The average Bonchev–Trinajstić information content (AvgIpc) is 2.97. The third-order valence-electron chi connectivity index (χ3n) is 3.19. The number of rotatable bonds is 4. The summed E-state index contributed by atoms with van der Waals surface area (Å²) < 4.78 is 0. The highest BCUT2D eigenvalue weighted by atomic mass is 32.1. The lowest BCUT2D eigenvalue weighted by atomic mass is 10.1. The number of aromatic nitrogens is 1. The maximum absolute atomic E-state index is 4.44. The summed E-state index contributed by atoms with van der Waals surface area (Å²) in [6.45, 7) is 4.85. The van der Waals surface area contributed by atoms with Crippen LogP contribution in [0.15, 0.2) is 23.6 Å². The van der Waals surface area contributed by atoms with E-state index in [1.807, 2.05) is 6.92 Å². The number of thiazole rings is 1. The van der Waals surface area contributed by atoms with Gasteiger partial charge in [-0.3, -0.25) is 0 Å². The van der Waals surface area contributed by atoms with Crippen LogP contribution in [0.3, 0.4) is 0 Å². The summed E-state index contributed by atoms with van der Waals surface area (Å²) in [5.74, 6) is 0. The van der Waals surface area contributed by atoms with E-state index < -0.39 is 0 Å². The Balaban J connectivity index is 1.57. The van der Waals surface area contributed by atoms with Gasteiger partial charge in [-0.05, 0) is 30.5 Å². The largest absolute Gasteiger partial charge is 0.384 e. The van der Waals surface area contributed by atoms with E-state index in [-0.39, 0.29) is 0 Å². The van der Waals surface area contributed by atoms with Crippen molar-refractivity contribution in [3.05, 3.63) is 45.4 Å². The van der Waals surface area contributed by atoms with Gasteiger partial charge in [0.1, 0.15) is 0 Å². The molecule has 1 aromatic carbocycles. The molecule has 1 aromatic heterocycles. The SMILES string of the molecule is Cc1nc(CNCc2ccc3c(c2)NCC3)cs1. The van der Waals surface area contributed by atoms with Crippen LogP contribution in [0.2, 0.25) is 0 Å². The molecule has 1 aliphatic rings. The summed E-state index contributed by atoms with van der Waals surface area (Å²) in [7, 11) is 0. The topological polar surface area (TPSA) is 37.0 Å². The predicted octanol–water partition coefficient (Wildman–Crippen LogP) is 2.71. The minimum absolute atomic E-state index is 0.842. The van der Waals surface area contributed by atoms with Gasteiger partial charge < -0.3 is 10.6 Å². The number of nitrogens with one attached hydrogen (secondary N) is 2. The Labute approximate surface area is 111 Å². The van der Waals surface area contributed by atoms with Gasteiger partial charge >= 0.3 is 0 Å². The Morgan fingerprint density at radius 1 is 1.39 bits per heavy atom. The van der Waals surface area contributed by atoms with E-state index in [0.29, 0.717) is 0 Å². The molecule has 0 radical (unpaired) electrons. The van der Waals surface area contributed by atoms with E-state index in [1.165, 1.54) is 16.8 Å². The van der Waals surface area contributed by atoms with Crippen LogP contribution in [0.1, 0.15) is 21.8 Å². The highest BCUT2D eigenvalue weighted by molar-refractivity contribution is 7.09. The smallest absolute Gasteiger partial charge is 0.0897 e. The standard InChI is InChI=1S/C14H17N3S/c1-10-17-13(9-18-10)8-15-7-11-2-3-12-4-5-16-14(12)6-11/h2-3,6,9,15-16H,4-5,7-8H2,1H3. The lowest BCUT2D eigenvalue weighted by Crippen LogP contribution is -2.13. The minimum atomic E-state index is 0.842. The molecule has 1 aliphatic heterocycles. The summed E-state index contributed by atoms with van der Waals surface area (Å²) in [6.07, 6.45) is 1.15. The fourth-order valence-electron chi connectivity index (χ4n) is 2.27. The van der Waals surface area contributed by atoms with E-state index in [4.69, 9.17) is 0 Å². The van der Waals surface area contributed by atoms with Crippen LogP contribution in [-0.4, -0.2) is 11.5 Å². The fraction of sp³-hybridized carbons (Fsp3) is 0.357. The molecule has 0 spiro atoms. The zero-order valence-electron chi connectivity index (χ0n) is 10.5. The van der Waals surface area contributed by atoms with Crippen molar-refractivity contribution in [2.24, 2.45) is 0 Å². The molecule has 94 valence electrons. The summed E-state index contributed by atoms with van der Waals surface area (Å²) in [6, 6.07) is 6.70. The second-order valence-corrected chi connectivity index (χ2v) is 5.69. The van der Waals surface area contributed by atoms with Crippen molar-refractivity contribution < 1.29 is 0 Å². The number of hydrogen-bond acceptors (Lipinski definition) is 4. The molecule has 2 aromatic rings. The van der Waals surface area contributed by atoms with Gasteiger partial charge in [-0.1, -0.05) is 12.1 Å². The molecule has 2 N–H and O–H groups in total. The molecule has 0 fully saturated rings. The summed E-state index contributed by atoms with van der Waals surface area (Å²) >= 11 is 1.71. The molecule has 0 bridgehead atoms. The second-order valence-electron chi connectivity index (χ2n) is 4.63. The van der Waals surface area contributed by atoms with Gasteiger partial charge in [-0.15, -0.1) is 11.3 Å². The molecule has 0 aliphatic carbocycles. The zero-order valence-corrected chi connectivity index (χ0v) is 11.3. The number of aryl methyl sites for hydroxylation is 1. The first kappa shape index (κ1) is 11.7. The Morgan fingerprint density at radius 3 is 3.17 bits per heavy atom. The predicted molar refractivity (Wildman–Crippen MR) is 76.0 cm³/mol. The van der Waals surface area contributed by atoms with Crippen LogP contribution in [0.25, 0.3) is 0 Å². The molecule has 2 heterocycles. The Kier molecular flexibility index (Phi) is 3.30. The van der Waals surface area contributed by atoms with Crippen LogP contribution in [0, 0.1) is 6.92 Å². The monoisotopic (exact) mass is 259 g/mol. The molecule has 3 rings (SSSR count). The molecule has 0 saturated carbocycles. The number of benzene rings is 1. The van der Waals surface area contributed by atoms with Crippen molar-refractivity contribution in [1.29, 1.82) is 0 Å².